The summed E-state index contributed by atoms with van der Waals surface area (Å²) in [6.45, 7) is 0.0799. The van der Waals surface area contributed by atoms with Crippen molar-refractivity contribution in [3.05, 3.63) is 59.4 Å². The van der Waals surface area contributed by atoms with Gasteiger partial charge in [0.25, 0.3) is 0 Å². The van der Waals surface area contributed by atoms with E-state index in [-0.39, 0.29) is 6.61 Å². The third kappa shape index (κ3) is 3.40. The fourth-order valence-electron chi connectivity index (χ4n) is 1.44. The van der Waals surface area contributed by atoms with Crippen LogP contribution in [0, 0.1) is 11.6 Å². The first-order valence-electron chi connectivity index (χ1n) is 5.26. The highest BCUT2D eigenvalue weighted by molar-refractivity contribution is 6.16. The first kappa shape index (κ1) is 12.8. The molecule has 1 heterocycles. The lowest BCUT2D eigenvalue weighted by molar-refractivity contribution is 0.303. The Bertz CT molecular complexity index is 511. The second-order valence-electron chi connectivity index (χ2n) is 3.69. The summed E-state index contributed by atoms with van der Waals surface area (Å²) in [4.78, 5) is 4.04. The van der Waals surface area contributed by atoms with E-state index in [1.165, 1.54) is 18.3 Å². The molecular formula is C13H10ClF2NO. The van der Waals surface area contributed by atoms with E-state index in [1.807, 2.05) is 0 Å². The molecule has 0 aliphatic rings. The van der Waals surface area contributed by atoms with E-state index < -0.39 is 11.6 Å². The number of alkyl halides is 1. The highest BCUT2D eigenvalue weighted by Crippen LogP contribution is 2.14. The van der Waals surface area contributed by atoms with Gasteiger partial charge in [0.15, 0.2) is 0 Å². The Morgan fingerprint density at radius 2 is 1.83 bits per heavy atom. The van der Waals surface area contributed by atoms with Crippen LogP contribution >= 0.6 is 11.6 Å². The van der Waals surface area contributed by atoms with Gasteiger partial charge in [-0.1, -0.05) is 0 Å². The maximum absolute atomic E-state index is 12.9. The predicted octanol–water partition coefficient (Wildman–Crippen LogP) is 3.68. The lowest BCUT2D eigenvalue weighted by Gasteiger charge is -2.06. The van der Waals surface area contributed by atoms with Crippen LogP contribution < -0.4 is 4.74 Å². The molecule has 1 aromatic carbocycles. The van der Waals surface area contributed by atoms with Gasteiger partial charge in [-0.3, -0.25) is 4.98 Å². The minimum absolute atomic E-state index is 0.0799. The summed E-state index contributed by atoms with van der Waals surface area (Å²) >= 11 is 5.60. The third-order valence-electron chi connectivity index (χ3n) is 2.26. The van der Waals surface area contributed by atoms with E-state index >= 15 is 0 Å². The van der Waals surface area contributed by atoms with Crippen LogP contribution in [0.15, 0.2) is 36.5 Å². The lowest BCUT2D eigenvalue weighted by Crippen LogP contribution is -1.98. The van der Waals surface area contributed by atoms with Crippen molar-refractivity contribution in [1.29, 1.82) is 0 Å². The molecule has 5 heteroatoms. The number of halogens is 3. The van der Waals surface area contributed by atoms with Crippen molar-refractivity contribution < 1.29 is 13.5 Å². The smallest absolute Gasteiger partial charge is 0.138 e. The van der Waals surface area contributed by atoms with E-state index in [0.29, 0.717) is 17.2 Å². The van der Waals surface area contributed by atoms with Gasteiger partial charge in [0.05, 0.1) is 17.8 Å². The predicted molar refractivity (Wildman–Crippen MR) is 64.5 cm³/mol. The van der Waals surface area contributed by atoms with Crippen molar-refractivity contribution >= 4 is 11.6 Å². The molecule has 2 nitrogen and oxygen atoms in total. The van der Waals surface area contributed by atoms with Crippen LogP contribution in [0.2, 0.25) is 0 Å². The van der Waals surface area contributed by atoms with Gasteiger partial charge < -0.3 is 4.74 Å². The number of ether oxygens (including phenoxy) is 1. The Morgan fingerprint density at radius 1 is 1.11 bits per heavy atom. The first-order valence-corrected chi connectivity index (χ1v) is 5.79. The molecule has 0 saturated carbocycles. The van der Waals surface area contributed by atoms with E-state index in [1.54, 1.807) is 12.1 Å². The van der Waals surface area contributed by atoms with Gasteiger partial charge in [0, 0.05) is 6.07 Å². The normalized spacial score (nSPS) is 10.4. The van der Waals surface area contributed by atoms with Crippen molar-refractivity contribution in [2.45, 2.75) is 12.5 Å². The first-order chi connectivity index (χ1) is 8.67. The SMILES string of the molecule is Fc1cc(F)cc(COc2ccc(CCl)nc2)c1. The van der Waals surface area contributed by atoms with Gasteiger partial charge in [-0.15, -0.1) is 11.6 Å². The number of hydrogen-bond donors (Lipinski definition) is 0. The number of hydrogen-bond acceptors (Lipinski definition) is 2. The minimum Gasteiger partial charge on any atom is -0.487 e. The maximum Gasteiger partial charge on any atom is 0.138 e. The summed E-state index contributed by atoms with van der Waals surface area (Å²) in [5, 5.41) is 0. The minimum atomic E-state index is -0.621. The van der Waals surface area contributed by atoms with E-state index in [9.17, 15) is 8.78 Å². The average Bonchev–Trinajstić information content (AvgIpc) is 2.36. The molecule has 0 aliphatic carbocycles. The van der Waals surface area contributed by atoms with Crippen molar-refractivity contribution in [2.24, 2.45) is 0 Å². The number of aromatic nitrogens is 1. The summed E-state index contributed by atoms with van der Waals surface area (Å²) in [6.07, 6.45) is 1.52. The molecule has 0 fully saturated rings. The summed E-state index contributed by atoms with van der Waals surface area (Å²) in [5.74, 6) is -0.392. The molecule has 0 N–H and O–H groups in total. The van der Waals surface area contributed by atoms with Gasteiger partial charge in [-0.2, -0.15) is 0 Å². The van der Waals surface area contributed by atoms with Gasteiger partial charge >= 0.3 is 0 Å². The summed E-state index contributed by atoms with van der Waals surface area (Å²) in [5.41, 5.74) is 1.16. The molecule has 0 spiro atoms. The Labute approximate surface area is 108 Å². The molecule has 2 aromatic rings. The largest absolute Gasteiger partial charge is 0.487 e. The van der Waals surface area contributed by atoms with Crippen molar-refractivity contribution in [3.8, 4) is 5.75 Å². The van der Waals surface area contributed by atoms with Gasteiger partial charge in [0.2, 0.25) is 0 Å². The molecular weight excluding hydrogens is 260 g/mol. The Balaban J connectivity index is 2.01. The molecule has 0 bridgehead atoms. The van der Waals surface area contributed by atoms with Crippen molar-refractivity contribution in [1.82, 2.24) is 4.98 Å². The molecule has 2 rings (SSSR count). The lowest BCUT2D eigenvalue weighted by atomic mass is 10.2. The van der Waals surface area contributed by atoms with Gasteiger partial charge in [0.1, 0.15) is 24.0 Å². The summed E-state index contributed by atoms with van der Waals surface area (Å²) in [6, 6.07) is 6.71. The van der Waals surface area contributed by atoms with Crippen LogP contribution in [0.4, 0.5) is 8.78 Å². The Morgan fingerprint density at radius 3 is 2.39 bits per heavy atom. The van der Waals surface area contributed by atoms with Crippen LogP contribution in [0.1, 0.15) is 11.3 Å². The molecule has 0 amide bonds. The van der Waals surface area contributed by atoms with E-state index in [0.717, 1.165) is 11.8 Å². The second-order valence-corrected chi connectivity index (χ2v) is 3.95. The van der Waals surface area contributed by atoms with Crippen LogP contribution in [0.25, 0.3) is 0 Å². The van der Waals surface area contributed by atoms with Crippen LogP contribution in [-0.2, 0) is 12.5 Å². The standard InChI is InChI=1S/C13H10ClF2NO/c14-6-12-1-2-13(7-17-12)18-8-9-3-10(15)5-11(16)4-9/h1-5,7H,6,8H2. The molecule has 94 valence electrons. The fourth-order valence-corrected chi connectivity index (χ4v) is 1.59. The molecule has 1 aromatic heterocycles. The topological polar surface area (TPSA) is 22.1 Å². The second kappa shape index (κ2) is 5.78. The Hall–Kier alpha value is -1.68. The van der Waals surface area contributed by atoms with Gasteiger partial charge in [-0.05, 0) is 29.8 Å². The van der Waals surface area contributed by atoms with Crippen molar-refractivity contribution in [2.75, 3.05) is 0 Å². The zero-order valence-corrected chi connectivity index (χ0v) is 10.1. The summed E-state index contributed by atoms with van der Waals surface area (Å²) < 4.78 is 31.2. The zero-order chi connectivity index (χ0) is 13.0. The maximum atomic E-state index is 12.9. The molecule has 0 atom stereocenters. The van der Waals surface area contributed by atoms with E-state index in [2.05, 4.69) is 4.98 Å². The molecule has 0 unspecified atom stereocenters. The third-order valence-corrected chi connectivity index (χ3v) is 2.54. The number of nitrogens with zero attached hydrogens (tertiary/aromatic N) is 1. The highest BCUT2D eigenvalue weighted by atomic mass is 35.5. The molecule has 0 radical (unpaired) electrons. The monoisotopic (exact) mass is 269 g/mol. The van der Waals surface area contributed by atoms with Gasteiger partial charge in [-0.25, -0.2) is 8.78 Å². The van der Waals surface area contributed by atoms with Crippen LogP contribution in [-0.4, -0.2) is 4.98 Å². The molecule has 18 heavy (non-hydrogen) atoms. The number of pyridine rings is 1. The quantitative estimate of drug-likeness (QED) is 0.790. The number of benzene rings is 1. The zero-order valence-electron chi connectivity index (χ0n) is 9.37. The average molecular weight is 270 g/mol. The number of rotatable bonds is 4. The van der Waals surface area contributed by atoms with Crippen LogP contribution in [0.3, 0.4) is 0 Å². The Kier molecular flexibility index (Phi) is 4.10. The van der Waals surface area contributed by atoms with Crippen molar-refractivity contribution in [3.63, 3.8) is 0 Å². The highest BCUT2D eigenvalue weighted by Gasteiger charge is 2.02. The molecule has 0 aliphatic heterocycles. The van der Waals surface area contributed by atoms with E-state index in [4.69, 9.17) is 16.3 Å². The fraction of sp³-hybridized carbons (Fsp3) is 0.154. The summed E-state index contributed by atoms with van der Waals surface area (Å²) in [7, 11) is 0. The van der Waals surface area contributed by atoms with Crippen LogP contribution in [0.5, 0.6) is 5.75 Å². The molecule has 0 saturated heterocycles.